The van der Waals surface area contributed by atoms with E-state index in [1.807, 2.05) is 12.1 Å². The van der Waals surface area contributed by atoms with Crippen LogP contribution < -0.4 is 4.74 Å². The molecule has 0 aromatic heterocycles. The van der Waals surface area contributed by atoms with Gasteiger partial charge in [-0.05, 0) is 34.1 Å². The second-order valence-corrected chi connectivity index (χ2v) is 6.02. The molecule has 112 valence electrons. The van der Waals surface area contributed by atoms with Gasteiger partial charge in [-0.2, -0.15) is 0 Å². The van der Waals surface area contributed by atoms with E-state index in [2.05, 4.69) is 31.9 Å². The van der Waals surface area contributed by atoms with E-state index in [1.54, 1.807) is 13.1 Å². The normalized spacial score (nSPS) is 12.1. The molecular weight excluding hydrogens is 394 g/mol. The largest absolute Gasteiger partial charge is 0.483 e. The van der Waals surface area contributed by atoms with Gasteiger partial charge in [0.1, 0.15) is 5.75 Å². The molecule has 0 heterocycles. The fourth-order valence-electron chi connectivity index (χ4n) is 1.50. The number of aliphatic hydroxyl groups excluding tert-OH is 1. The van der Waals surface area contributed by atoms with Crippen LogP contribution in [0.1, 0.15) is 0 Å². The van der Waals surface area contributed by atoms with E-state index in [-0.39, 0.29) is 25.7 Å². The molecule has 0 spiro atoms. The maximum absolute atomic E-state index is 11.9. The zero-order chi connectivity index (χ0) is 15.1. The van der Waals surface area contributed by atoms with Crippen LogP contribution in [0, 0.1) is 0 Å². The molecule has 1 unspecified atom stereocenters. The summed E-state index contributed by atoms with van der Waals surface area (Å²) in [5.41, 5.74) is 0. The smallest absolute Gasteiger partial charge is 0.260 e. The van der Waals surface area contributed by atoms with Crippen molar-refractivity contribution in [2.24, 2.45) is 0 Å². The maximum Gasteiger partial charge on any atom is 0.260 e. The number of aliphatic hydroxyl groups is 1. The third kappa shape index (κ3) is 5.78. The monoisotopic (exact) mass is 409 g/mol. The molecule has 0 radical (unpaired) electrons. The molecule has 1 atom stereocenters. The van der Waals surface area contributed by atoms with Gasteiger partial charge in [-0.3, -0.25) is 4.79 Å². The first-order chi connectivity index (χ1) is 9.43. The summed E-state index contributed by atoms with van der Waals surface area (Å²) in [5, 5.41) is 9.56. The predicted octanol–water partition coefficient (Wildman–Crippen LogP) is 2.06. The SMILES string of the molecule is COCC(O)CN(C)C(=O)COc1ccc(Br)cc1Br. The van der Waals surface area contributed by atoms with Crippen LogP contribution >= 0.6 is 31.9 Å². The fourth-order valence-corrected chi connectivity index (χ4v) is 2.67. The van der Waals surface area contributed by atoms with Gasteiger partial charge in [0, 0.05) is 25.2 Å². The Bertz CT molecular complexity index is 456. The van der Waals surface area contributed by atoms with Crippen LogP contribution in [0.15, 0.2) is 27.1 Å². The quantitative estimate of drug-likeness (QED) is 0.747. The van der Waals surface area contributed by atoms with Gasteiger partial charge in [-0.25, -0.2) is 0 Å². The molecule has 0 aliphatic heterocycles. The van der Waals surface area contributed by atoms with E-state index in [4.69, 9.17) is 9.47 Å². The average molecular weight is 411 g/mol. The number of carbonyl (C=O) groups is 1. The van der Waals surface area contributed by atoms with Gasteiger partial charge in [0.05, 0.1) is 17.2 Å². The van der Waals surface area contributed by atoms with Crippen molar-refractivity contribution in [3.63, 3.8) is 0 Å². The van der Waals surface area contributed by atoms with E-state index in [9.17, 15) is 9.90 Å². The van der Waals surface area contributed by atoms with Crippen LogP contribution in [0.4, 0.5) is 0 Å². The van der Waals surface area contributed by atoms with Crippen molar-refractivity contribution < 1.29 is 19.4 Å². The number of carbonyl (C=O) groups excluding carboxylic acids is 1. The summed E-state index contributed by atoms with van der Waals surface area (Å²) in [6, 6.07) is 5.43. The van der Waals surface area contributed by atoms with Crippen LogP contribution in [-0.2, 0) is 9.53 Å². The van der Waals surface area contributed by atoms with Crippen molar-refractivity contribution >= 4 is 37.8 Å². The summed E-state index contributed by atoms with van der Waals surface area (Å²) in [7, 11) is 3.11. The standard InChI is InChI=1S/C13H17Br2NO4/c1-16(6-10(17)7-19-2)13(18)8-20-12-4-3-9(14)5-11(12)15/h3-5,10,17H,6-8H2,1-2H3. The highest BCUT2D eigenvalue weighted by atomic mass is 79.9. The third-order valence-electron chi connectivity index (χ3n) is 2.51. The topological polar surface area (TPSA) is 59.0 Å². The van der Waals surface area contributed by atoms with E-state index in [1.165, 1.54) is 12.0 Å². The molecule has 1 aromatic carbocycles. The Morgan fingerprint density at radius 2 is 2.15 bits per heavy atom. The number of rotatable bonds is 7. The highest BCUT2D eigenvalue weighted by molar-refractivity contribution is 9.11. The number of likely N-dealkylation sites (N-methyl/N-ethyl adjacent to an activating group) is 1. The Morgan fingerprint density at radius 3 is 2.75 bits per heavy atom. The lowest BCUT2D eigenvalue weighted by Gasteiger charge is -2.20. The molecule has 0 aliphatic rings. The van der Waals surface area contributed by atoms with E-state index < -0.39 is 6.10 Å². The lowest BCUT2D eigenvalue weighted by molar-refractivity contribution is -0.133. The Labute approximate surface area is 135 Å². The van der Waals surface area contributed by atoms with Crippen molar-refractivity contribution in [3.8, 4) is 5.75 Å². The highest BCUT2D eigenvalue weighted by Crippen LogP contribution is 2.28. The molecule has 7 heteroatoms. The summed E-state index contributed by atoms with van der Waals surface area (Å²) in [4.78, 5) is 13.3. The van der Waals surface area contributed by atoms with Crippen LogP contribution in [0.3, 0.4) is 0 Å². The van der Waals surface area contributed by atoms with E-state index in [0.717, 1.165) is 8.95 Å². The number of amides is 1. The van der Waals surface area contributed by atoms with Crippen LogP contribution in [-0.4, -0.2) is 55.9 Å². The Kier molecular flexibility index (Phi) is 7.50. The Morgan fingerprint density at radius 1 is 1.45 bits per heavy atom. The van der Waals surface area contributed by atoms with E-state index in [0.29, 0.717) is 5.75 Å². The lowest BCUT2D eigenvalue weighted by atomic mass is 10.3. The number of hydrogen-bond acceptors (Lipinski definition) is 4. The zero-order valence-electron chi connectivity index (χ0n) is 11.3. The van der Waals surface area contributed by atoms with Crippen molar-refractivity contribution in [1.82, 2.24) is 4.90 Å². The molecule has 5 nitrogen and oxygen atoms in total. The number of hydrogen-bond donors (Lipinski definition) is 1. The molecule has 0 saturated carbocycles. The first-order valence-corrected chi connectivity index (χ1v) is 7.51. The minimum Gasteiger partial charge on any atom is -0.483 e. The van der Waals surface area contributed by atoms with Crippen molar-refractivity contribution in [2.45, 2.75) is 6.10 Å². The average Bonchev–Trinajstić information content (AvgIpc) is 2.37. The van der Waals surface area contributed by atoms with Gasteiger partial charge in [0.2, 0.25) is 0 Å². The highest BCUT2D eigenvalue weighted by Gasteiger charge is 2.14. The summed E-state index contributed by atoms with van der Waals surface area (Å²) < 4.78 is 11.9. The van der Waals surface area contributed by atoms with Crippen LogP contribution in [0.2, 0.25) is 0 Å². The number of nitrogens with zero attached hydrogens (tertiary/aromatic N) is 1. The molecular formula is C13H17Br2NO4. The first kappa shape index (κ1) is 17.4. The number of benzene rings is 1. The molecule has 1 aromatic rings. The van der Waals surface area contributed by atoms with Crippen molar-refractivity contribution in [2.75, 3.05) is 33.9 Å². The first-order valence-electron chi connectivity index (χ1n) is 5.93. The summed E-state index contributed by atoms with van der Waals surface area (Å²) in [6.07, 6.45) is -0.701. The second-order valence-electron chi connectivity index (χ2n) is 4.25. The summed E-state index contributed by atoms with van der Waals surface area (Å²) >= 11 is 6.70. The second kappa shape index (κ2) is 8.61. The number of methoxy groups -OCH3 is 1. The molecule has 0 aliphatic carbocycles. The molecule has 1 rings (SSSR count). The lowest BCUT2D eigenvalue weighted by Crippen LogP contribution is -2.38. The predicted molar refractivity (Wildman–Crippen MR) is 82.9 cm³/mol. The van der Waals surface area contributed by atoms with Crippen LogP contribution in [0.25, 0.3) is 0 Å². The molecule has 1 N–H and O–H groups in total. The fraction of sp³-hybridized carbons (Fsp3) is 0.462. The number of halogens is 2. The van der Waals surface area contributed by atoms with Gasteiger partial charge >= 0.3 is 0 Å². The van der Waals surface area contributed by atoms with Gasteiger partial charge in [-0.1, -0.05) is 15.9 Å². The number of ether oxygens (including phenoxy) is 2. The zero-order valence-corrected chi connectivity index (χ0v) is 14.5. The molecule has 20 heavy (non-hydrogen) atoms. The Hall–Kier alpha value is -0.630. The third-order valence-corrected chi connectivity index (χ3v) is 3.63. The minimum atomic E-state index is -0.701. The van der Waals surface area contributed by atoms with E-state index >= 15 is 0 Å². The van der Waals surface area contributed by atoms with Crippen LogP contribution in [0.5, 0.6) is 5.75 Å². The maximum atomic E-state index is 11.9. The minimum absolute atomic E-state index is 0.0869. The van der Waals surface area contributed by atoms with Gasteiger partial charge in [0.15, 0.2) is 6.61 Å². The molecule has 0 fully saturated rings. The molecule has 0 saturated heterocycles. The Balaban J connectivity index is 2.46. The van der Waals surface area contributed by atoms with Crippen molar-refractivity contribution in [1.29, 1.82) is 0 Å². The summed E-state index contributed by atoms with van der Waals surface area (Å²) in [6.45, 7) is 0.310. The molecule has 1 amide bonds. The summed E-state index contributed by atoms with van der Waals surface area (Å²) in [5.74, 6) is 0.377. The molecule has 0 bridgehead atoms. The van der Waals surface area contributed by atoms with Gasteiger partial charge in [0.25, 0.3) is 5.91 Å². The van der Waals surface area contributed by atoms with Gasteiger partial charge in [-0.15, -0.1) is 0 Å². The van der Waals surface area contributed by atoms with Gasteiger partial charge < -0.3 is 19.5 Å². The van der Waals surface area contributed by atoms with Crippen molar-refractivity contribution in [3.05, 3.63) is 27.1 Å².